The van der Waals surface area contributed by atoms with Crippen LogP contribution in [-0.2, 0) is 18.9 Å². The highest BCUT2D eigenvalue weighted by atomic mass is 32.2. The molecule has 0 amide bonds. The van der Waals surface area contributed by atoms with Gasteiger partial charge in [-0.3, -0.25) is 5.41 Å². The van der Waals surface area contributed by atoms with E-state index in [1.807, 2.05) is 18.4 Å². The largest absolute Gasteiger partial charge is 0.447 e. The Morgan fingerprint density at radius 2 is 1.71 bits per heavy atom. The molecule has 1 spiro atoms. The fourth-order valence-electron chi connectivity index (χ4n) is 5.63. The summed E-state index contributed by atoms with van der Waals surface area (Å²) in [5.41, 5.74) is -3.17. The number of nitrogens with one attached hydrogen (secondary N) is 1. The van der Waals surface area contributed by atoms with E-state index in [9.17, 15) is 15.8 Å². The monoisotopic (exact) mass is 436 g/mol. The van der Waals surface area contributed by atoms with Crippen LogP contribution < -0.4 is 0 Å². The van der Waals surface area contributed by atoms with E-state index in [-0.39, 0.29) is 12.3 Å². The molecular formula is C22H20N4O4S. The molecule has 3 heterocycles. The highest BCUT2D eigenvalue weighted by Gasteiger charge is 2.82. The first kappa shape index (κ1) is 20.3. The second kappa shape index (κ2) is 6.69. The van der Waals surface area contributed by atoms with E-state index in [1.165, 1.54) is 0 Å². The molecule has 4 atom stereocenters. The lowest BCUT2D eigenvalue weighted by Crippen LogP contribution is -2.63. The zero-order valence-electron chi connectivity index (χ0n) is 16.9. The molecule has 1 aliphatic carbocycles. The van der Waals surface area contributed by atoms with E-state index in [4.69, 9.17) is 24.4 Å². The average molecular weight is 436 g/mol. The fraction of sp³-hybridized carbons (Fsp3) is 0.545. The average Bonchev–Trinajstić information content (AvgIpc) is 3.33. The molecule has 31 heavy (non-hydrogen) atoms. The molecule has 1 aromatic rings. The van der Waals surface area contributed by atoms with Gasteiger partial charge < -0.3 is 18.9 Å². The number of hydrogen-bond donors (Lipinski definition) is 1. The summed E-state index contributed by atoms with van der Waals surface area (Å²) in [5.74, 6) is -3.32. The molecule has 4 fully saturated rings. The molecule has 3 aliphatic heterocycles. The van der Waals surface area contributed by atoms with E-state index in [1.54, 1.807) is 23.9 Å². The Morgan fingerprint density at radius 1 is 1.03 bits per heavy atom. The van der Waals surface area contributed by atoms with Crippen molar-refractivity contribution in [3.05, 3.63) is 29.8 Å². The first-order valence-corrected chi connectivity index (χ1v) is 11.3. The molecule has 8 nitrogen and oxygen atoms in total. The maximum atomic E-state index is 10.4. The van der Waals surface area contributed by atoms with E-state index in [2.05, 4.69) is 18.2 Å². The van der Waals surface area contributed by atoms with E-state index in [0.717, 1.165) is 4.90 Å². The van der Waals surface area contributed by atoms with Gasteiger partial charge >= 0.3 is 0 Å². The molecule has 158 valence electrons. The van der Waals surface area contributed by atoms with Gasteiger partial charge in [0.1, 0.15) is 6.10 Å². The Bertz CT molecular complexity index is 1050. The summed E-state index contributed by atoms with van der Waals surface area (Å²) in [6, 6.07) is 13.7. The van der Waals surface area contributed by atoms with Gasteiger partial charge in [-0.25, -0.2) is 0 Å². The second-order valence-electron chi connectivity index (χ2n) is 8.33. The molecule has 1 N–H and O–H groups in total. The van der Waals surface area contributed by atoms with Crippen LogP contribution in [0.25, 0.3) is 0 Å². The maximum Gasteiger partial charge on any atom is 0.218 e. The zero-order chi connectivity index (χ0) is 21.9. The van der Waals surface area contributed by atoms with Crippen molar-refractivity contribution < 1.29 is 18.9 Å². The number of rotatable bonds is 2. The van der Waals surface area contributed by atoms with Crippen molar-refractivity contribution in [1.82, 2.24) is 0 Å². The number of benzene rings is 1. The van der Waals surface area contributed by atoms with Crippen LogP contribution in [0.15, 0.2) is 29.2 Å². The third-order valence-electron chi connectivity index (χ3n) is 7.15. The minimum Gasteiger partial charge on any atom is -0.447 e. The number of nitriles is 3. The van der Waals surface area contributed by atoms with Gasteiger partial charge in [0.05, 0.1) is 37.3 Å². The highest BCUT2D eigenvalue weighted by molar-refractivity contribution is 7.98. The Kier molecular flexibility index (Phi) is 4.38. The molecule has 0 aromatic heterocycles. The normalized spacial score (nSPS) is 36.6. The fourth-order valence-corrected chi connectivity index (χ4v) is 6.04. The molecule has 1 saturated carbocycles. The number of nitrogens with zero attached hydrogens (tertiary/aromatic N) is 3. The van der Waals surface area contributed by atoms with Gasteiger partial charge in [-0.15, -0.1) is 11.8 Å². The second-order valence-corrected chi connectivity index (χ2v) is 9.21. The first-order valence-electron chi connectivity index (χ1n) is 10.1. The number of hydrogen-bond acceptors (Lipinski definition) is 9. The molecule has 1 aromatic carbocycles. The smallest absolute Gasteiger partial charge is 0.218 e. The summed E-state index contributed by atoms with van der Waals surface area (Å²) < 4.78 is 24.1. The summed E-state index contributed by atoms with van der Waals surface area (Å²) >= 11 is 1.57. The van der Waals surface area contributed by atoms with Gasteiger partial charge in [-0.1, -0.05) is 12.1 Å². The van der Waals surface area contributed by atoms with Crippen LogP contribution in [-0.4, -0.2) is 36.9 Å². The van der Waals surface area contributed by atoms with Gasteiger partial charge in [0, 0.05) is 24.2 Å². The van der Waals surface area contributed by atoms with Crippen molar-refractivity contribution in [2.75, 3.05) is 19.5 Å². The molecule has 5 rings (SSSR count). The van der Waals surface area contributed by atoms with Crippen molar-refractivity contribution >= 4 is 17.7 Å². The molecule has 2 bridgehead atoms. The SMILES string of the molecule is CSc1ccc(C2OC34CCC5(CC3C(C#N)(C(=N)O4)C2(C#N)C#N)OCCO5)cc1. The summed E-state index contributed by atoms with van der Waals surface area (Å²) in [4.78, 5) is 1.02. The van der Waals surface area contributed by atoms with Crippen LogP contribution >= 0.6 is 11.8 Å². The molecular weight excluding hydrogens is 416 g/mol. The highest BCUT2D eigenvalue weighted by Crippen LogP contribution is 2.70. The minimum atomic E-state index is -1.97. The summed E-state index contributed by atoms with van der Waals surface area (Å²) in [6.45, 7) is 0.870. The third-order valence-corrected chi connectivity index (χ3v) is 7.89. The van der Waals surface area contributed by atoms with Crippen molar-refractivity contribution in [3.8, 4) is 18.2 Å². The Balaban J connectivity index is 1.69. The van der Waals surface area contributed by atoms with Gasteiger partial charge in [0.25, 0.3) is 0 Å². The first-order chi connectivity index (χ1) is 14.9. The van der Waals surface area contributed by atoms with Crippen LogP contribution in [0.1, 0.15) is 30.9 Å². The van der Waals surface area contributed by atoms with Crippen molar-refractivity contribution in [2.45, 2.75) is 41.8 Å². The molecule has 3 saturated heterocycles. The molecule has 0 radical (unpaired) electrons. The van der Waals surface area contributed by atoms with Crippen LogP contribution in [0.2, 0.25) is 0 Å². The topological polar surface area (TPSA) is 132 Å². The molecule has 4 aliphatic rings. The van der Waals surface area contributed by atoms with Gasteiger partial charge in [0.15, 0.2) is 11.2 Å². The van der Waals surface area contributed by atoms with E-state index >= 15 is 0 Å². The van der Waals surface area contributed by atoms with Gasteiger partial charge in [0.2, 0.25) is 17.1 Å². The van der Waals surface area contributed by atoms with Crippen LogP contribution in [0.4, 0.5) is 0 Å². The quantitative estimate of drug-likeness (QED) is 0.699. The molecule has 4 unspecified atom stereocenters. The predicted octanol–water partition coefficient (Wildman–Crippen LogP) is 3.27. The van der Waals surface area contributed by atoms with Gasteiger partial charge in [-0.2, -0.15) is 15.8 Å². The number of ether oxygens (including phenoxy) is 4. The van der Waals surface area contributed by atoms with Crippen molar-refractivity contribution in [2.24, 2.45) is 16.7 Å². The lowest BCUT2D eigenvalue weighted by molar-refractivity contribution is -0.330. The minimum absolute atomic E-state index is 0.214. The lowest BCUT2D eigenvalue weighted by Gasteiger charge is -2.54. The summed E-state index contributed by atoms with van der Waals surface area (Å²) in [5, 5.41) is 39.7. The van der Waals surface area contributed by atoms with Crippen LogP contribution in [0.5, 0.6) is 0 Å². The Hall–Kier alpha value is -2.61. The third kappa shape index (κ3) is 2.37. The van der Waals surface area contributed by atoms with Crippen LogP contribution in [0.3, 0.4) is 0 Å². The van der Waals surface area contributed by atoms with E-state index < -0.39 is 34.4 Å². The standard InChI is InChI=1S/C22H20N4O4S/c1-31-15-4-2-14(3-5-15)17-19(11-23,12-24)21(13-25)16-10-20(27-8-9-28-20)6-7-22(16,29-17)30-18(21)26/h2-5,16-17,26H,6-10H2,1H3. The van der Waals surface area contributed by atoms with Gasteiger partial charge in [-0.05, 0) is 24.0 Å². The van der Waals surface area contributed by atoms with Crippen molar-refractivity contribution in [3.63, 3.8) is 0 Å². The summed E-state index contributed by atoms with van der Waals surface area (Å²) in [6.07, 6.45) is 1.93. The lowest BCUT2D eigenvalue weighted by atomic mass is 9.51. The Morgan fingerprint density at radius 3 is 2.29 bits per heavy atom. The Labute approximate surface area is 184 Å². The predicted molar refractivity (Wildman–Crippen MR) is 107 cm³/mol. The summed E-state index contributed by atoms with van der Waals surface area (Å²) in [7, 11) is 0. The van der Waals surface area contributed by atoms with Crippen molar-refractivity contribution in [1.29, 1.82) is 21.2 Å². The van der Waals surface area contributed by atoms with E-state index in [0.29, 0.717) is 31.6 Å². The zero-order valence-corrected chi connectivity index (χ0v) is 17.7. The van der Waals surface area contributed by atoms with Crippen LogP contribution in [0, 0.1) is 56.2 Å². The maximum absolute atomic E-state index is 10.4. The molecule has 9 heteroatoms. The number of thioether (sulfide) groups is 1.